The predicted molar refractivity (Wildman–Crippen MR) is 117 cm³/mol. The Labute approximate surface area is 178 Å². The molecule has 4 aromatic rings. The lowest BCUT2D eigenvalue weighted by atomic mass is 10.1. The van der Waals surface area contributed by atoms with Crippen molar-refractivity contribution in [2.75, 3.05) is 5.75 Å². The van der Waals surface area contributed by atoms with Crippen molar-refractivity contribution in [1.82, 2.24) is 14.5 Å². The Morgan fingerprint density at radius 2 is 1.89 bits per heavy atom. The largest absolute Gasteiger partial charge is 0.300 e. The number of Topliss-reactive ketones (excluding diaryl/α,β-unsaturated/α-hetero) is 1. The highest BCUT2D eigenvalue weighted by atomic mass is 35.5. The van der Waals surface area contributed by atoms with Crippen molar-refractivity contribution in [2.45, 2.75) is 5.16 Å². The molecule has 0 saturated carbocycles. The highest BCUT2D eigenvalue weighted by Crippen LogP contribution is 2.25. The smallest absolute Gasteiger partial charge is 0.271 e. The molecular formula is C19H12ClN3O2S3. The molecule has 2 aromatic carbocycles. The van der Waals surface area contributed by atoms with E-state index in [2.05, 4.69) is 9.97 Å². The average Bonchev–Trinajstić information content (AvgIpc) is 3.04. The number of aromatic nitrogens is 3. The number of aromatic amines is 1. The van der Waals surface area contributed by atoms with Crippen molar-refractivity contribution >= 4 is 63.0 Å². The molecule has 1 N–H and O–H groups in total. The summed E-state index contributed by atoms with van der Waals surface area (Å²) in [5.41, 5.74) is 1.62. The van der Waals surface area contributed by atoms with Crippen molar-refractivity contribution < 1.29 is 4.79 Å². The van der Waals surface area contributed by atoms with Gasteiger partial charge in [-0.1, -0.05) is 52.9 Å². The van der Waals surface area contributed by atoms with E-state index in [4.69, 9.17) is 23.8 Å². The van der Waals surface area contributed by atoms with Crippen molar-refractivity contribution in [1.29, 1.82) is 0 Å². The average molecular weight is 446 g/mol. The normalized spacial score (nSPS) is 11.0. The number of ketones is 1. The van der Waals surface area contributed by atoms with E-state index in [0.717, 1.165) is 5.69 Å². The van der Waals surface area contributed by atoms with Crippen LogP contribution in [0.5, 0.6) is 0 Å². The summed E-state index contributed by atoms with van der Waals surface area (Å²) in [6, 6.07) is 16.2. The highest BCUT2D eigenvalue weighted by molar-refractivity contribution is 7.99. The van der Waals surface area contributed by atoms with Crippen molar-refractivity contribution in [3.05, 3.63) is 79.5 Å². The molecule has 5 nitrogen and oxygen atoms in total. The Hall–Kier alpha value is -2.26. The Bertz CT molecular complexity index is 1280. The van der Waals surface area contributed by atoms with Crippen molar-refractivity contribution in [3.8, 4) is 5.69 Å². The SMILES string of the molecule is O=C(CSc1nc2c(sc(=S)n2-c2ccccc2)c(=O)[nH]1)c1ccc(Cl)cc1. The number of benzene rings is 2. The number of carbonyl (C=O) groups excluding carboxylic acids is 1. The van der Waals surface area contributed by atoms with Gasteiger partial charge >= 0.3 is 0 Å². The maximum atomic E-state index is 12.5. The van der Waals surface area contributed by atoms with E-state index in [1.54, 1.807) is 28.8 Å². The summed E-state index contributed by atoms with van der Waals surface area (Å²) in [7, 11) is 0. The van der Waals surface area contributed by atoms with Crippen LogP contribution in [0.4, 0.5) is 0 Å². The monoisotopic (exact) mass is 445 g/mol. The van der Waals surface area contributed by atoms with Crippen molar-refractivity contribution in [3.63, 3.8) is 0 Å². The van der Waals surface area contributed by atoms with E-state index >= 15 is 0 Å². The number of hydrogen-bond acceptors (Lipinski definition) is 6. The molecule has 9 heteroatoms. The van der Waals surface area contributed by atoms with Gasteiger partial charge in [-0.05, 0) is 48.6 Å². The second-order valence-electron chi connectivity index (χ2n) is 5.78. The number of para-hydroxylation sites is 1. The van der Waals surface area contributed by atoms with Crippen LogP contribution in [0.1, 0.15) is 10.4 Å². The van der Waals surface area contributed by atoms with Gasteiger partial charge in [-0.25, -0.2) is 4.98 Å². The third-order valence-corrected chi connectivity index (χ3v) is 6.43. The molecule has 0 aliphatic heterocycles. The van der Waals surface area contributed by atoms with Crippen LogP contribution < -0.4 is 5.56 Å². The fourth-order valence-electron chi connectivity index (χ4n) is 2.62. The summed E-state index contributed by atoms with van der Waals surface area (Å²) in [5, 5.41) is 0.945. The third-order valence-electron chi connectivity index (χ3n) is 3.94. The number of H-pyrrole nitrogens is 1. The highest BCUT2D eigenvalue weighted by Gasteiger charge is 2.15. The van der Waals surface area contributed by atoms with Crippen LogP contribution in [0.3, 0.4) is 0 Å². The zero-order valence-corrected chi connectivity index (χ0v) is 17.4. The quantitative estimate of drug-likeness (QED) is 0.199. The van der Waals surface area contributed by atoms with Crippen LogP contribution in [0.25, 0.3) is 16.0 Å². The lowest BCUT2D eigenvalue weighted by Gasteiger charge is -2.05. The van der Waals surface area contributed by atoms with Gasteiger partial charge < -0.3 is 4.98 Å². The molecule has 4 rings (SSSR count). The van der Waals surface area contributed by atoms with Gasteiger partial charge in [-0.3, -0.25) is 14.2 Å². The first-order valence-corrected chi connectivity index (χ1v) is 10.7. The first kappa shape index (κ1) is 19.1. The first-order valence-electron chi connectivity index (χ1n) is 8.16. The Kier molecular flexibility index (Phi) is 5.45. The summed E-state index contributed by atoms with van der Waals surface area (Å²) in [4.78, 5) is 32.1. The molecule has 0 aliphatic rings. The summed E-state index contributed by atoms with van der Waals surface area (Å²) < 4.78 is 2.77. The van der Waals surface area contributed by atoms with Crippen LogP contribution in [0, 0.1) is 3.95 Å². The van der Waals surface area contributed by atoms with E-state index in [-0.39, 0.29) is 17.1 Å². The lowest BCUT2D eigenvalue weighted by Crippen LogP contribution is -2.10. The number of rotatable bonds is 5. The molecule has 2 heterocycles. The van der Waals surface area contributed by atoms with Gasteiger partial charge in [0.15, 0.2) is 20.5 Å². The van der Waals surface area contributed by atoms with Gasteiger partial charge in [0.1, 0.15) is 4.70 Å². The molecule has 0 amide bonds. The summed E-state index contributed by atoms with van der Waals surface area (Å²) in [6.07, 6.45) is 0. The standard InChI is InChI=1S/C19H12ClN3O2S3/c20-12-8-6-11(7-9-12)14(24)10-27-18-21-16-15(17(25)22-18)28-19(26)23(16)13-4-2-1-3-5-13/h1-9H,10H2,(H,21,22,25). The van der Waals surface area contributed by atoms with Gasteiger partial charge in [-0.2, -0.15) is 0 Å². The second kappa shape index (κ2) is 8.00. The number of halogens is 1. The van der Waals surface area contributed by atoms with Crippen LogP contribution in [-0.4, -0.2) is 26.1 Å². The van der Waals surface area contributed by atoms with E-state index in [1.807, 2.05) is 30.3 Å². The maximum absolute atomic E-state index is 12.5. The number of hydrogen-bond donors (Lipinski definition) is 1. The zero-order valence-electron chi connectivity index (χ0n) is 14.2. The van der Waals surface area contributed by atoms with Gasteiger partial charge in [0.2, 0.25) is 0 Å². The molecule has 28 heavy (non-hydrogen) atoms. The number of nitrogens with one attached hydrogen (secondary N) is 1. The minimum absolute atomic E-state index is 0.0744. The topological polar surface area (TPSA) is 67.8 Å². The number of thiazole rings is 1. The molecule has 0 fully saturated rings. The van der Waals surface area contributed by atoms with E-state index < -0.39 is 0 Å². The number of fused-ring (bicyclic) bond motifs is 1. The Balaban J connectivity index is 1.67. The van der Waals surface area contributed by atoms with Crippen LogP contribution >= 0.6 is 46.9 Å². The number of carbonyl (C=O) groups is 1. The fraction of sp³-hybridized carbons (Fsp3) is 0.0526. The molecule has 0 saturated heterocycles. The molecule has 0 spiro atoms. The van der Waals surface area contributed by atoms with E-state index in [9.17, 15) is 9.59 Å². The molecule has 0 radical (unpaired) electrons. The van der Waals surface area contributed by atoms with Crippen molar-refractivity contribution in [2.24, 2.45) is 0 Å². The molecule has 0 bridgehead atoms. The lowest BCUT2D eigenvalue weighted by molar-refractivity contribution is 0.102. The number of thioether (sulfide) groups is 1. The zero-order chi connectivity index (χ0) is 19.7. The summed E-state index contributed by atoms with van der Waals surface area (Å²) in [6.45, 7) is 0. The molecule has 140 valence electrons. The maximum Gasteiger partial charge on any atom is 0.271 e. The minimum Gasteiger partial charge on any atom is -0.300 e. The van der Waals surface area contributed by atoms with E-state index in [0.29, 0.717) is 30.0 Å². The van der Waals surface area contributed by atoms with Gasteiger partial charge in [0.25, 0.3) is 5.56 Å². The minimum atomic E-state index is -0.266. The summed E-state index contributed by atoms with van der Waals surface area (Å²) >= 11 is 13.7. The van der Waals surface area contributed by atoms with Gasteiger partial charge in [0, 0.05) is 16.3 Å². The Morgan fingerprint density at radius 1 is 1.18 bits per heavy atom. The van der Waals surface area contributed by atoms with Gasteiger partial charge in [0.05, 0.1) is 5.75 Å². The summed E-state index contributed by atoms with van der Waals surface area (Å²) in [5.74, 6) is 0.0707. The van der Waals surface area contributed by atoms with Crippen LogP contribution in [-0.2, 0) is 0 Å². The number of nitrogens with zero attached hydrogens (tertiary/aromatic N) is 2. The Morgan fingerprint density at radius 3 is 2.61 bits per heavy atom. The van der Waals surface area contributed by atoms with Crippen LogP contribution in [0.15, 0.2) is 64.5 Å². The third kappa shape index (κ3) is 3.81. The van der Waals surface area contributed by atoms with E-state index in [1.165, 1.54) is 23.1 Å². The molecular weight excluding hydrogens is 434 g/mol. The molecule has 0 atom stereocenters. The fourth-order valence-corrected chi connectivity index (χ4v) is 4.77. The first-order chi connectivity index (χ1) is 13.5. The molecule has 0 aliphatic carbocycles. The predicted octanol–water partition coefficient (Wildman–Crippen LogP) is 5.13. The second-order valence-corrected chi connectivity index (χ2v) is 8.83. The molecule has 2 aromatic heterocycles. The molecule has 0 unspecified atom stereocenters. The van der Waals surface area contributed by atoms with Crippen LogP contribution in [0.2, 0.25) is 5.02 Å². The van der Waals surface area contributed by atoms with Gasteiger partial charge in [-0.15, -0.1) is 0 Å².